The van der Waals surface area contributed by atoms with Crippen molar-refractivity contribution in [2.75, 3.05) is 0 Å². The third-order valence-corrected chi connectivity index (χ3v) is 6.52. The summed E-state index contributed by atoms with van der Waals surface area (Å²) < 4.78 is 6.52. The van der Waals surface area contributed by atoms with E-state index in [0.29, 0.717) is 11.5 Å². The quantitative estimate of drug-likeness (QED) is 0.684. The van der Waals surface area contributed by atoms with E-state index in [1.165, 1.54) is 57.8 Å². The highest BCUT2D eigenvalue weighted by atomic mass is 16.5. The topological polar surface area (TPSA) is 33.0 Å². The smallest absolute Gasteiger partial charge is 0.0690 e. The molecule has 1 saturated heterocycles. The molecule has 0 aromatic heterocycles. The van der Waals surface area contributed by atoms with Gasteiger partial charge in [-0.2, -0.15) is 5.26 Å². The maximum atomic E-state index is 9.77. The molecule has 118 valence electrons. The molecule has 3 aliphatic rings. The Balaban J connectivity index is 1.60. The Labute approximate surface area is 130 Å². The van der Waals surface area contributed by atoms with Gasteiger partial charge in [-0.1, -0.05) is 33.1 Å². The molecule has 2 heteroatoms. The van der Waals surface area contributed by atoms with Crippen LogP contribution in [0.2, 0.25) is 0 Å². The minimum atomic E-state index is -0.0968. The van der Waals surface area contributed by atoms with Gasteiger partial charge in [-0.25, -0.2) is 0 Å². The third kappa shape index (κ3) is 3.29. The highest BCUT2D eigenvalue weighted by Crippen LogP contribution is 2.50. The van der Waals surface area contributed by atoms with E-state index < -0.39 is 0 Å². The molecular formula is C19H31NO. The Morgan fingerprint density at radius 3 is 2.24 bits per heavy atom. The van der Waals surface area contributed by atoms with Crippen molar-refractivity contribution in [1.82, 2.24) is 0 Å². The fraction of sp³-hybridized carbons (Fsp3) is 0.947. The van der Waals surface area contributed by atoms with Gasteiger partial charge in [0.15, 0.2) is 0 Å². The summed E-state index contributed by atoms with van der Waals surface area (Å²) in [6.45, 7) is 4.69. The lowest BCUT2D eigenvalue weighted by Gasteiger charge is -2.41. The zero-order chi connectivity index (χ0) is 15.0. The van der Waals surface area contributed by atoms with Crippen molar-refractivity contribution in [3.8, 4) is 6.07 Å². The average molecular weight is 289 g/mol. The largest absolute Gasteiger partial charge is 0.372 e. The highest BCUT2D eigenvalue weighted by molar-refractivity contribution is 5.05. The van der Waals surface area contributed by atoms with E-state index >= 15 is 0 Å². The molecule has 1 aliphatic heterocycles. The van der Waals surface area contributed by atoms with E-state index in [1.807, 2.05) is 0 Å². The molecule has 0 bridgehead atoms. The van der Waals surface area contributed by atoms with Crippen LogP contribution in [0.15, 0.2) is 0 Å². The Bertz CT molecular complexity index is 404. The molecule has 3 rings (SSSR count). The van der Waals surface area contributed by atoms with Gasteiger partial charge in [-0.05, 0) is 63.2 Å². The maximum absolute atomic E-state index is 9.77. The SMILES string of the molecule is CC1(C)CCC(C#N)(CC2CCC3(CCCCC3)O2)CC1. The molecule has 0 aromatic rings. The van der Waals surface area contributed by atoms with Crippen molar-refractivity contribution in [2.24, 2.45) is 10.8 Å². The summed E-state index contributed by atoms with van der Waals surface area (Å²) in [6, 6.07) is 2.69. The Morgan fingerprint density at radius 1 is 0.952 bits per heavy atom. The normalized spacial score (nSPS) is 33.7. The van der Waals surface area contributed by atoms with Crippen molar-refractivity contribution in [3.05, 3.63) is 0 Å². The van der Waals surface area contributed by atoms with Crippen molar-refractivity contribution in [2.45, 2.75) is 103 Å². The second-order valence-corrected chi connectivity index (χ2v) is 8.78. The molecule has 1 heterocycles. The lowest BCUT2D eigenvalue weighted by molar-refractivity contribution is -0.0771. The van der Waals surface area contributed by atoms with Gasteiger partial charge in [0.25, 0.3) is 0 Å². The van der Waals surface area contributed by atoms with Crippen LogP contribution in [0.3, 0.4) is 0 Å². The molecule has 0 aromatic carbocycles. The van der Waals surface area contributed by atoms with Crippen LogP contribution in [0.25, 0.3) is 0 Å². The summed E-state index contributed by atoms with van der Waals surface area (Å²) in [5, 5.41) is 9.77. The van der Waals surface area contributed by atoms with Crippen LogP contribution in [0, 0.1) is 22.2 Å². The summed E-state index contributed by atoms with van der Waals surface area (Å²) >= 11 is 0. The lowest BCUT2D eigenvalue weighted by atomic mass is 9.64. The number of ether oxygens (including phenoxy) is 1. The van der Waals surface area contributed by atoms with Gasteiger partial charge >= 0.3 is 0 Å². The maximum Gasteiger partial charge on any atom is 0.0690 e. The molecule has 1 unspecified atom stereocenters. The van der Waals surface area contributed by atoms with E-state index in [0.717, 1.165) is 19.3 Å². The zero-order valence-electron chi connectivity index (χ0n) is 13.9. The van der Waals surface area contributed by atoms with Gasteiger partial charge in [-0.3, -0.25) is 0 Å². The molecule has 3 fully saturated rings. The zero-order valence-corrected chi connectivity index (χ0v) is 13.9. The van der Waals surface area contributed by atoms with Gasteiger partial charge in [0, 0.05) is 0 Å². The van der Waals surface area contributed by atoms with E-state index in [2.05, 4.69) is 19.9 Å². The molecule has 2 aliphatic carbocycles. The summed E-state index contributed by atoms with van der Waals surface area (Å²) in [5.41, 5.74) is 0.537. The first-order chi connectivity index (χ1) is 9.97. The number of hydrogen-bond donors (Lipinski definition) is 0. The Morgan fingerprint density at radius 2 is 1.62 bits per heavy atom. The minimum Gasteiger partial charge on any atom is -0.372 e. The van der Waals surface area contributed by atoms with Gasteiger partial charge in [0.1, 0.15) is 0 Å². The summed E-state index contributed by atoms with van der Waals surface area (Å²) in [7, 11) is 0. The van der Waals surface area contributed by atoms with E-state index in [-0.39, 0.29) is 11.0 Å². The number of nitrogens with zero attached hydrogens (tertiary/aromatic N) is 1. The molecule has 0 radical (unpaired) electrons. The van der Waals surface area contributed by atoms with Crippen LogP contribution in [-0.4, -0.2) is 11.7 Å². The third-order valence-electron chi connectivity index (χ3n) is 6.52. The second kappa shape index (κ2) is 5.58. The molecular weight excluding hydrogens is 258 g/mol. The van der Waals surface area contributed by atoms with Crippen LogP contribution >= 0.6 is 0 Å². The van der Waals surface area contributed by atoms with Gasteiger partial charge in [-0.15, -0.1) is 0 Å². The summed E-state index contributed by atoms with van der Waals surface area (Å²) in [5.74, 6) is 0. The molecule has 0 amide bonds. The van der Waals surface area contributed by atoms with Crippen molar-refractivity contribution >= 4 is 0 Å². The van der Waals surface area contributed by atoms with Gasteiger partial charge in [0.05, 0.1) is 23.2 Å². The Hall–Kier alpha value is -0.550. The molecule has 0 N–H and O–H groups in total. The van der Waals surface area contributed by atoms with Gasteiger partial charge in [0.2, 0.25) is 0 Å². The monoisotopic (exact) mass is 289 g/mol. The summed E-state index contributed by atoms with van der Waals surface area (Å²) in [6.07, 6.45) is 14.9. The number of rotatable bonds is 2. The average Bonchev–Trinajstić information content (AvgIpc) is 2.85. The molecule has 2 saturated carbocycles. The van der Waals surface area contributed by atoms with Crippen LogP contribution in [-0.2, 0) is 4.74 Å². The second-order valence-electron chi connectivity index (χ2n) is 8.78. The van der Waals surface area contributed by atoms with Crippen LogP contribution in [0.4, 0.5) is 0 Å². The predicted octanol–water partition coefficient (Wildman–Crippen LogP) is 5.37. The first-order valence-corrected chi connectivity index (χ1v) is 9.06. The molecule has 1 spiro atoms. The van der Waals surface area contributed by atoms with Crippen LogP contribution < -0.4 is 0 Å². The summed E-state index contributed by atoms with van der Waals surface area (Å²) in [4.78, 5) is 0. The van der Waals surface area contributed by atoms with E-state index in [4.69, 9.17) is 4.74 Å². The van der Waals surface area contributed by atoms with Crippen LogP contribution in [0.5, 0.6) is 0 Å². The highest BCUT2D eigenvalue weighted by Gasteiger charge is 2.46. The van der Waals surface area contributed by atoms with E-state index in [1.54, 1.807) is 0 Å². The van der Waals surface area contributed by atoms with Gasteiger partial charge < -0.3 is 4.74 Å². The molecule has 2 nitrogen and oxygen atoms in total. The number of nitriles is 1. The Kier molecular flexibility index (Phi) is 4.08. The molecule has 21 heavy (non-hydrogen) atoms. The number of hydrogen-bond acceptors (Lipinski definition) is 2. The lowest BCUT2D eigenvalue weighted by Crippen LogP contribution is -2.35. The van der Waals surface area contributed by atoms with Crippen LogP contribution in [0.1, 0.15) is 90.9 Å². The van der Waals surface area contributed by atoms with Crippen molar-refractivity contribution in [3.63, 3.8) is 0 Å². The fourth-order valence-electron chi connectivity index (χ4n) is 4.81. The van der Waals surface area contributed by atoms with Crippen molar-refractivity contribution < 1.29 is 4.74 Å². The van der Waals surface area contributed by atoms with E-state index in [9.17, 15) is 5.26 Å². The van der Waals surface area contributed by atoms with Crippen molar-refractivity contribution in [1.29, 1.82) is 5.26 Å². The molecule has 1 atom stereocenters. The first kappa shape index (κ1) is 15.3. The fourth-order valence-corrected chi connectivity index (χ4v) is 4.81. The first-order valence-electron chi connectivity index (χ1n) is 9.06. The minimum absolute atomic E-state index is 0.0968. The predicted molar refractivity (Wildman–Crippen MR) is 84.8 cm³/mol. The standard InChI is InChI=1S/C19H31NO/c1-17(2)10-12-18(15-20,13-11-17)14-16-6-9-19(21-16)7-4-3-5-8-19/h16H,3-14H2,1-2H3.